The molecular weight excluding hydrogens is 214 g/mol. The fourth-order valence-electron chi connectivity index (χ4n) is 1.82. The molecule has 1 aromatic heterocycles. The molecule has 2 aromatic rings. The summed E-state index contributed by atoms with van der Waals surface area (Å²) in [5, 5.41) is 6.45. The fraction of sp³-hybridized carbons (Fsp3) is 0.231. The first-order valence-electron chi connectivity index (χ1n) is 5.42. The summed E-state index contributed by atoms with van der Waals surface area (Å²) in [6.07, 6.45) is 0. The molecule has 0 radical (unpaired) electrons. The molecule has 0 aliphatic heterocycles. The molecule has 0 bridgehead atoms. The molecule has 0 spiro atoms. The Morgan fingerprint density at radius 1 is 1.18 bits per heavy atom. The quantitative estimate of drug-likeness (QED) is 0.854. The topological polar surface area (TPSA) is 49.0 Å². The summed E-state index contributed by atoms with van der Waals surface area (Å²) in [5.74, 6) is 0. The lowest BCUT2D eigenvalue weighted by Gasteiger charge is -2.16. The van der Waals surface area contributed by atoms with Crippen LogP contribution in [0.15, 0.2) is 35.1 Å². The van der Waals surface area contributed by atoms with Crippen molar-refractivity contribution in [3.05, 3.63) is 46.2 Å². The maximum absolute atomic E-state index is 10.9. The Kier molecular flexibility index (Phi) is 2.95. The average Bonchev–Trinajstić information content (AvgIpc) is 2.29. The van der Waals surface area contributed by atoms with Gasteiger partial charge in [-0.2, -0.15) is 5.10 Å². The summed E-state index contributed by atoms with van der Waals surface area (Å²) >= 11 is 0. The molecule has 0 aliphatic rings. The Morgan fingerprint density at radius 2 is 1.94 bits per heavy atom. The normalized spacial score (nSPS) is 10.3. The number of hydrogen-bond acceptors (Lipinski definition) is 3. The zero-order valence-electron chi connectivity index (χ0n) is 10.2. The monoisotopic (exact) mass is 229 g/mol. The maximum atomic E-state index is 10.9. The van der Waals surface area contributed by atoms with E-state index in [-0.39, 0.29) is 5.56 Å². The summed E-state index contributed by atoms with van der Waals surface area (Å²) in [7, 11) is 4.03. The standard InChI is InChI=1S/C13H15N3O/c1-9-8-10(4-6-12(9)16(2)3)11-5-7-13(17)15-14-11/h4-8H,1-3H3,(H,15,17). The Balaban J connectivity index is 2.44. The van der Waals surface area contributed by atoms with Crippen molar-refractivity contribution >= 4 is 5.69 Å². The SMILES string of the molecule is Cc1cc(-c2ccc(=O)[nH]n2)ccc1N(C)C. The second kappa shape index (κ2) is 4.41. The Morgan fingerprint density at radius 3 is 2.47 bits per heavy atom. The summed E-state index contributed by atoms with van der Waals surface area (Å²) in [4.78, 5) is 13.0. The van der Waals surface area contributed by atoms with Gasteiger partial charge in [0.05, 0.1) is 5.69 Å². The lowest BCUT2D eigenvalue weighted by Crippen LogP contribution is -2.10. The fourth-order valence-corrected chi connectivity index (χ4v) is 1.82. The number of rotatable bonds is 2. The van der Waals surface area contributed by atoms with Crippen molar-refractivity contribution in [2.75, 3.05) is 19.0 Å². The van der Waals surface area contributed by atoms with Gasteiger partial charge in [-0.05, 0) is 30.7 Å². The van der Waals surface area contributed by atoms with Crippen LogP contribution in [0.1, 0.15) is 5.56 Å². The number of nitrogens with zero attached hydrogens (tertiary/aromatic N) is 2. The zero-order valence-corrected chi connectivity index (χ0v) is 10.2. The van der Waals surface area contributed by atoms with Crippen molar-refractivity contribution in [3.8, 4) is 11.3 Å². The van der Waals surface area contributed by atoms with Gasteiger partial charge in [-0.15, -0.1) is 0 Å². The van der Waals surface area contributed by atoms with Crippen molar-refractivity contribution < 1.29 is 0 Å². The predicted octanol–water partition coefficient (Wildman–Crippen LogP) is 1.81. The lowest BCUT2D eigenvalue weighted by molar-refractivity contribution is 0.995. The highest BCUT2D eigenvalue weighted by molar-refractivity contribution is 5.65. The van der Waals surface area contributed by atoms with Crippen molar-refractivity contribution in [1.29, 1.82) is 0 Å². The number of aromatic amines is 1. The third-order valence-electron chi connectivity index (χ3n) is 2.65. The third-order valence-corrected chi connectivity index (χ3v) is 2.65. The van der Waals surface area contributed by atoms with E-state index in [0.717, 1.165) is 11.3 Å². The first kappa shape index (κ1) is 11.4. The molecule has 0 atom stereocenters. The van der Waals surface area contributed by atoms with Crippen LogP contribution in [0.3, 0.4) is 0 Å². The second-order valence-corrected chi connectivity index (χ2v) is 4.20. The van der Waals surface area contributed by atoms with Crippen LogP contribution in [-0.4, -0.2) is 24.3 Å². The van der Waals surface area contributed by atoms with Gasteiger partial charge in [-0.3, -0.25) is 4.79 Å². The molecule has 17 heavy (non-hydrogen) atoms. The van der Waals surface area contributed by atoms with E-state index in [1.807, 2.05) is 20.2 Å². The second-order valence-electron chi connectivity index (χ2n) is 4.20. The molecule has 0 amide bonds. The van der Waals surface area contributed by atoms with Crippen molar-refractivity contribution in [2.45, 2.75) is 6.92 Å². The summed E-state index contributed by atoms with van der Waals surface area (Å²) in [6, 6.07) is 9.33. The molecule has 2 rings (SSSR count). The van der Waals surface area contributed by atoms with Crippen LogP contribution in [0.25, 0.3) is 11.3 Å². The number of hydrogen-bond donors (Lipinski definition) is 1. The number of aryl methyl sites for hydroxylation is 1. The summed E-state index contributed by atoms with van der Waals surface area (Å²) < 4.78 is 0. The largest absolute Gasteiger partial charge is 0.377 e. The van der Waals surface area contributed by atoms with Gasteiger partial charge >= 0.3 is 0 Å². The van der Waals surface area contributed by atoms with Crippen LogP contribution in [0, 0.1) is 6.92 Å². The van der Waals surface area contributed by atoms with Crippen LogP contribution in [0.4, 0.5) is 5.69 Å². The van der Waals surface area contributed by atoms with Gasteiger partial charge in [0.25, 0.3) is 5.56 Å². The van der Waals surface area contributed by atoms with Gasteiger partial charge < -0.3 is 4.90 Å². The molecule has 1 aromatic carbocycles. The lowest BCUT2D eigenvalue weighted by atomic mass is 10.1. The number of anilines is 1. The van der Waals surface area contributed by atoms with Gasteiger partial charge in [-0.25, -0.2) is 5.10 Å². The Bertz CT molecular complexity index is 567. The summed E-state index contributed by atoms with van der Waals surface area (Å²) in [5.41, 5.74) is 3.96. The molecular formula is C13H15N3O. The van der Waals surface area contributed by atoms with E-state index in [0.29, 0.717) is 0 Å². The first-order valence-corrected chi connectivity index (χ1v) is 5.42. The van der Waals surface area contributed by atoms with Crippen LogP contribution in [0.5, 0.6) is 0 Å². The maximum Gasteiger partial charge on any atom is 0.264 e. The van der Waals surface area contributed by atoms with Crippen molar-refractivity contribution in [1.82, 2.24) is 10.2 Å². The highest BCUT2D eigenvalue weighted by Crippen LogP contribution is 2.24. The molecule has 0 aliphatic carbocycles. The van der Waals surface area contributed by atoms with Gasteiger partial charge in [0, 0.05) is 31.4 Å². The number of nitrogens with one attached hydrogen (secondary N) is 1. The first-order chi connectivity index (χ1) is 8.08. The summed E-state index contributed by atoms with van der Waals surface area (Å²) in [6.45, 7) is 2.06. The van der Waals surface area contributed by atoms with Gasteiger partial charge in [-0.1, -0.05) is 6.07 Å². The molecule has 0 unspecified atom stereocenters. The highest BCUT2D eigenvalue weighted by atomic mass is 16.1. The van der Waals surface area contributed by atoms with Gasteiger partial charge in [0.1, 0.15) is 0 Å². The van der Waals surface area contributed by atoms with E-state index in [2.05, 4.69) is 34.2 Å². The van der Waals surface area contributed by atoms with E-state index >= 15 is 0 Å². The van der Waals surface area contributed by atoms with Crippen LogP contribution in [0.2, 0.25) is 0 Å². The average molecular weight is 229 g/mol. The molecule has 0 fully saturated rings. The number of benzene rings is 1. The van der Waals surface area contributed by atoms with Crippen molar-refractivity contribution in [3.63, 3.8) is 0 Å². The molecule has 0 saturated heterocycles. The Hall–Kier alpha value is -2.10. The Labute approximate surface area is 99.9 Å². The molecule has 4 heteroatoms. The number of H-pyrrole nitrogens is 1. The minimum Gasteiger partial charge on any atom is -0.377 e. The van der Waals surface area contributed by atoms with Crippen molar-refractivity contribution in [2.24, 2.45) is 0 Å². The molecule has 1 N–H and O–H groups in total. The van der Waals surface area contributed by atoms with E-state index in [1.54, 1.807) is 6.07 Å². The molecule has 4 nitrogen and oxygen atoms in total. The predicted molar refractivity (Wildman–Crippen MR) is 69.4 cm³/mol. The van der Waals surface area contributed by atoms with E-state index in [4.69, 9.17) is 0 Å². The minimum atomic E-state index is -0.185. The van der Waals surface area contributed by atoms with Crippen LogP contribution < -0.4 is 10.5 Å². The zero-order chi connectivity index (χ0) is 12.4. The van der Waals surface area contributed by atoms with Crippen LogP contribution >= 0.6 is 0 Å². The van der Waals surface area contributed by atoms with E-state index < -0.39 is 0 Å². The smallest absolute Gasteiger partial charge is 0.264 e. The number of aromatic nitrogens is 2. The van der Waals surface area contributed by atoms with Gasteiger partial charge in [0.15, 0.2) is 0 Å². The van der Waals surface area contributed by atoms with E-state index in [9.17, 15) is 4.79 Å². The molecule has 1 heterocycles. The van der Waals surface area contributed by atoms with E-state index in [1.165, 1.54) is 17.3 Å². The third kappa shape index (κ3) is 2.36. The molecule has 0 saturated carbocycles. The highest BCUT2D eigenvalue weighted by Gasteiger charge is 2.04. The van der Waals surface area contributed by atoms with Gasteiger partial charge in [0.2, 0.25) is 0 Å². The minimum absolute atomic E-state index is 0.185. The van der Waals surface area contributed by atoms with Crippen LogP contribution in [-0.2, 0) is 0 Å². The molecule has 88 valence electrons.